The van der Waals surface area contributed by atoms with Crippen molar-refractivity contribution >= 4 is 33.4 Å². The second-order valence-corrected chi connectivity index (χ2v) is 6.89. The molecule has 3 rings (SSSR count). The van der Waals surface area contributed by atoms with Crippen LogP contribution in [-0.4, -0.2) is 36.1 Å². The Morgan fingerprint density at radius 3 is 3.00 bits per heavy atom. The van der Waals surface area contributed by atoms with Crippen molar-refractivity contribution in [1.29, 1.82) is 0 Å². The first-order valence-corrected chi connectivity index (χ1v) is 8.42. The van der Waals surface area contributed by atoms with Gasteiger partial charge in [0.1, 0.15) is 6.04 Å². The highest BCUT2D eigenvalue weighted by atomic mass is 32.1. The second kappa shape index (κ2) is 6.64. The number of nitrogens with two attached hydrogens (primary N) is 1. The van der Waals surface area contributed by atoms with E-state index in [1.54, 1.807) is 12.3 Å². The number of carbonyl (C=O) groups excluding carboxylic acids is 2. The summed E-state index contributed by atoms with van der Waals surface area (Å²) in [4.78, 5) is 28.7. The molecular formula is C16H19N3O3S. The number of nitrogens with one attached hydrogen (secondary N) is 1. The Hall–Kier alpha value is -1.99. The molecule has 0 aromatic carbocycles. The summed E-state index contributed by atoms with van der Waals surface area (Å²) in [7, 11) is 0. The summed E-state index contributed by atoms with van der Waals surface area (Å²) >= 11 is 1.38. The maximum atomic E-state index is 12.2. The third-order valence-electron chi connectivity index (χ3n) is 3.78. The van der Waals surface area contributed by atoms with Crippen molar-refractivity contribution in [2.75, 3.05) is 13.2 Å². The maximum Gasteiger partial charge on any atom is 0.324 e. The van der Waals surface area contributed by atoms with Gasteiger partial charge in [0.25, 0.3) is 5.91 Å². The van der Waals surface area contributed by atoms with Crippen LogP contribution >= 0.6 is 11.3 Å². The summed E-state index contributed by atoms with van der Waals surface area (Å²) < 4.78 is 6.10. The van der Waals surface area contributed by atoms with Crippen LogP contribution in [0.5, 0.6) is 0 Å². The molecule has 2 aromatic heterocycles. The van der Waals surface area contributed by atoms with Gasteiger partial charge in [0.15, 0.2) is 0 Å². The normalized spacial score (nSPS) is 15.4. The number of hydrogen-bond donors (Lipinski definition) is 2. The Kier molecular flexibility index (Phi) is 4.58. The summed E-state index contributed by atoms with van der Waals surface area (Å²) in [6, 6.07) is 2.82. The number of carbonyl (C=O) groups is 2. The lowest BCUT2D eigenvalue weighted by Gasteiger charge is -2.11. The van der Waals surface area contributed by atoms with Gasteiger partial charge in [-0.15, -0.1) is 11.3 Å². The Bertz CT molecular complexity index is 739. The Balaban J connectivity index is 1.55. The molecule has 0 bridgehead atoms. The number of amides is 1. The molecule has 0 spiro atoms. The van der Waals surface area contributed by atoms with E-state index in [4.69, 9.17) is 10.5 Å². The maximum absolute atomic E-state index is 12.2. The van der Waals surface area contributed by atoms with Crippen molar-refractivity contribution in [3.8, 4) is 0 Å². The lowest BCUT2D eigenvalue weighted by atomic mass is 10.2. The number of thiophene rings is 1. The van der Waals surface area contributed by atoms with Crippen LogP contribution in [0, 0.1) is 12.8 Å². The van der Waals surface area contributed by atoms with E-state index in [0.29, 0.717) is 17.4 Å². The minimum Gasteiger partial charge on any atom is -0.464 e. The number of esters is 1. The SMILES string of the molecule is Cc1ccnc2cc(C(=O)NC[C@@H](N)C(=O)OCC3CC3)sc12. The summed E-state index contributed by atoms with van der Waals surface area (Å²) in [5.41, 5.74) is 7.63. The fraction of sp³-hybridized carbons (Fsp3) is 0.438. The molecule has 7 heteroatoms. The van der Waals surface area contributed by atoms with E-state index in [0.717, 1.165) is 28.6 Å². The summed E-state index contributed by atoms with van der Waals surface area (Å²) in [5.74, 6) is -0.223. The molecule has 6 nitrogen and oxygen atoms in total. The standard InChI is InChI=1S/C16H19N3O3S/c1-9-4-5-18-12-6-13(23-14(9)12)15(20)19-7-11(17)16(21)22-8-10-2-3-10/h4-6,10-11H,2-3,7-8,17H2,1H3,(H,19,20)/t11-/m1/s1. The number of aryl methyl sites for hydroxylation is 1. The van der Waals surface area contributed by atoms with E-state index >= 15 is 0 Å². The van der Waals surface area contributed by atoms with Crippen LogP contribution in [0.1, 0.15) is 28.1 Å². The molecule has 1 aliphatic carbocycles. The molecule has 3 N–H and O–H groups in total. The van der Waals surface area contributed by atoms with E-state index in [9.17, 15) is 9.59 Å². The predicted octanol–water partition coefficient (Wildman–Crippen LogP) is 1.62. The van der Waals surface area contributed by atoms with Gasteiger partial charge in [-0.1, -0.05) is 0 Å². The van der Waals surface area contributed by atoms with Crippen molar-refractivity contribution < 1.29 is 14.3 Å². The number of nitrogens with zero attached hydrogens (tertiary/aromatic N) is 1. The van der Waals surface area contributed by atoms with Crippen molar-refractivity contribution in [3.05, 3.63) is 28.8 Å². The van der Waals surface area contributed by atoms with Crippen LogP contribution in [0.2, 0.25) is 0 Å². The molecule has 0 unspecified atom stereocenters. The van der Waals surface area contributed by atoms with Gasteiger partial charge in [-0.25, -0.2) is 0 Å². The quantitative estimate of drug-likeness (QED) is 0.783. The van der Waals surface area contributed by atoms with Crippen LogP contribution in [0.3, 0.4) is 0 Å². The molecule has 0 radical (unpaired) electrons. The van der Waals surface area contributed by atoms with Gasteiger partial charge in [0.2, 0.25) is 0 Å². The van der Waals surface area contributed by atoms with Gasteiger partial charge in [0.05, 0.1) is 21.7 Å². The summed E-state index contributed by atoms with van der Waals surface area (Å²) in [6.07, 6.45) is 3.94. The zero-order chi connectivity index (χ0) is 16.4. The smallest absolute Gasteiger partial charge is 0.324 e. The van der Waals surface area contributed by atoms with Gasteiger partial charge < -0.3 is 15.8 Å². The summed E-state index contributed by atoms with van der Waals surface area (Å²) in [5, 5.41) is 2.68. The third-order valence-corrected chi connectivity index (χ3v) is 5.03. The zero-order valence-corrected chi connectivity index (χ0v) is 13.7. The monoisotopic (exact) mass is 333 g/mol. The van der Waals surface area contributed by atoms with E-state index in [1.165, 1.54) is 11.3 Å². The lowest BCUT2D eigenvalue weighted by Crippen LogP contribution is -2.43. The minimum absolute atomic E-state index is 0.0585. The number of fused-ring (bicyclic) bond motifs is 1. The van der Waals surface area contributed by atoms with Crippen LogP contribution < -0.4 is 11.1 Å². The van der Waals surface area contributed by atoms with Crippen LogP contribution in [0.4, 0.5) is 0 Å². The molecule has 0 aliphatic heterocycles. The van der Waals surface area contributed by atoms with E-state index in [1.807, 2.05) is 13.0 Å². The Labute approximate surface area is 138 Å². The van der Waals surface area contributed by atoms with Crippen LogP contribution in [0.25, 0.3) is 10.2 Å². The van der Waals surface area contributed by atoms with Gasteiger partial charge >= 0.3 is 5.97 Å². The van der Waals surface area contributed by atoms with E-state index in [2.05, 4.69) is 10.3 Å². The first-order chi connectivity index (χ1) is 11.0. The van der Waals surface area contributed by atoms with Gasteiger partial charge in [-0.3, -0.25) is 14.6 Å². The fourth-order valence-electron chi connectivity index (χ4n) is 2.14. The van der Waals surface area contributed by atoms with Gasteiger partial charge in [0, 0.05) is 12.7 Å². The van der Waals surface area contributed by atoms with E-state index in [-0.39, 0.29) is 12.5 Å². The average molecular weight is 333 g/mol. The van der Waals surface area contributed by atoms with Crippen LogP contribution in [-0.2, 0) is 9.53 Å². The second-order valence-electron chi connectivity index (χ2n) is 5.84. The van der Waals surface area contributed by atoms with Gasteiger partial charge in [-0.2, -0.15) is 0 Å². The van der Waals surface area contributed by atoms with Crippen molar-refractivity contribution in [3.63, 3.8) is 0 Å². The third kappa shape index (κ3) is 3.86. The molecule has 1 amide bonds. The summed E-state index contributed by atoms with van der Waals surface area (Å²) in [6.45, 7) is 2.47. The Morgan fingerprint density at radius 2 is 2.30 bits per heavy atom. The first kappa shape index (κ1) is 15.9. The molecular weight excluding hydrogens is 314 g/mol. The molecule has 1 aliphatic rings. The highest BCUT2D eigenvalue weighted by Crippen LogP contribution is 2.29. The molecule has 23 heavy (non-hydrogen) atoms. The molecule has 1 atom stereocenters. The van der Waals surface area contributed by atoms with Crippen molar-refractivity contribution in [1.82, 2.24) is 10.3 Å². The van der Waals surface area contributed by atoms with Gasteiger partial charge in [-0.05, 0) is 43.4 Å². The number of rotatable bonds is 6. The largest absolute Gasteiger partial charge is 0.464 e. The fourth-order valence-corrected chi connectivity index (χ4v) is 3.14. The lowest BCUT2D eigenvalue weighted by molar-refractivity contribution is -0.145. The number of ether oxygens (including phenoxy) is 1. The van der Waals surface area contributed by atoms with Crippen molar-refractivity contribution in [2.24, 2.45) is 11.7 Å². The number of aromatic nitrogens is 1. The Morgan fingerprint density at radius 1 is 1.52 bits per heavy atom. The zero-order valence-electron chi connectivity index (χ0n) is 12.9. The number of pyridine rings is 1. The first-order valence-electron chi connectivity index (χ1n) is 7.60. The molecule has 122 valence electrons. The molecule has 1 fully saturated rings. The minimum atomic E-state index is -0.841. The highest BCUT2D eigenvalue weighted by Gasteiger charge is 2.25. The molecule has 0 saturated heterocycles. The number of hydrogen-bond acceptors (Lipinski definition) is 6. The highest BCUT2D eigenvalue weighted by molar-refractivity contribution is 7.21. The average Bonchev–Trinajstić information content (AvgIpc) is 3.26. The van der Waals surface area contributed by atoms with Crippen LogP contribution in [0.15, 0.2) is 18.3 Å². The molecule has 2 aromatic rings. The molecule has 1 saturated carbocycles. The van der Waals surface area contributed by atoms with Crippen molar-refractivity contribution in [2.45, 2.75) is 25.8 Å². The topological polar surface area (TPSA) is 94.3 Å². The predicted molar refractivity (Wildman–Crippen MR) is 88.3 cm³/mol. The molecule has 2 heterocycles. The van der Waals surface area contributed by atoms with E-state index < -0.39 is 12.0 Å².